The Morgan fingerprint density at radius 3 is 2.73 bits per heavy atom. The van der Waals surface area contributed by atoms with E-state index in [0.717, 1.165) is 51.4 Å². The quantitative estimate of drug-likeness (QED) is 0.875. The average molecular weight is 305 g/mol. The number of hydrogen-bond donors (Lipinski definition) is 1. The molecular formula is C17H27N3O2. The van der Waals surface area contributed by atoms with Crippen molar-refractivity contribution in [2.45, 2.75) is 20.3 Å². The Kier molecular flexibility index (Phi) is 6.52. The van der Waals surface area contributed by atoms with Crippen LogP contribution in [0.15, 0.2) is 24.3 Å². The molecule has 1 N–H and O–H groups in total. The van der Waals surface area contributed by atoms with Crippen molar-refractivity contribution in [3.63, 3.8) is 0 Å². The van der Waals surface area contributed by atoms with Gasteiger partial charge in [0.1, 0.15) is 12.4 Å². The minimum Gasteiger partial charge on any atom is -0.492 e. The maximum atomic E-state index is 11.9. The van der Waals surface area contributed by atoms with Gasteiger partial charge in [-0.05, 0) is 31.0 Å². The second-order valence-corrected chi connectivity index (χ2v) is 5.73. The first-order chi connectivity index (χ1) is 10.7. The molecule has 1 fully saturated rings. The zero-order chi connectivity index (χ0) is 15.8. The lowest BCUT2D eigenvalue weighted by Gasteiger charge is -2.34. The molecule has 0 saturated carbocycles. The van der Waals surface area contributed by atoms with E-state index < -0.39 is 0 Å². The van der Waals surface area contributed by atoms with Crippen LogP contribution in [0.3, 0.4) is 0 Å². The highest BCUT2D eigenvalue weighted by Gasteiger charge is 2.20. The van der Waals surface area contributed by atoms with Crippen molar-refractivity contribution in [2.24, 2.45) is 0 Å². The maximum absolute atomic E-state index is 11.9. The lowest BCUT2D eigenvalue weighted by Crippen LogP contribution is -2.52. The number of aryl methyl sites for hydroxylation is 1. The Balaban J connectivity index is 1.64. The molecule has 1 aromatic carbocycles. The number of nitrogens with zero attached hydrogens (tertiary/aromatic N) is 2. The molecule has 2 rings (SSSR count). The topological polar surface area (TPSA) is 44.8 Å². The molecule has 0 radical (unpaired) electrons. The molecule has 0 bridgehead atoms. The number of urea groups is 1. The van der Waals surface area contributed by atoms with Crippen LogP contribution in [0.2, 0.25) is 0 Å². The summed E-state index contributed by atoms with van der Waals surface area (Å²) in [4.78, 5) is 16.1. The van der Waals surface area contributed by atoms with Gasteiger partial charge in [-0.15, -0.1) is 0 Å². The van der Waals surface area contributed by atoms with Gasteiger partial charge in [-0.2, -0.15) is 0 Å². The normalized spacial score (nSPS) is 15.6. The molecule has 122 valence electrons. The number of benzene rings is 1. The summed E-state index contributed by atoms with van der Waals surface area (Å²) in [6.07, 6.45) is 0.974. The maximum Gasteiger partial charge on any atom is 0.317 e. The van der Waals surface area contributed by atoms with E-state index in [2.05, 4.69) is 36.2 Å². The van der Waals surface area contributed by atoms with E-state index in [9.17, 15) is 4.79 Å². The standard InChI is InChI=1S/C17H27N3O2/c1-3-7-18-17(21)20-10-8-19(9-11-20)12-13-22-16-6-4-5-15(2)14-16/h4-6,14H,3,7-13H2,1-2H3,(H,18,21). The number of hydrogen-bond acceptors (Lipinski definition) is 3. The summed E-state index contributed by atoms with van der Waals surface area (Å²) in [6.45, 7) is 9.88. The summed E-state index contributed by atoms with van der Waals surface area (Å²) < 4.78 is 5.78. The molecule has 1 saturated heterocycles. The summed E-state index contributed by atoms with van der Waals surface area (Å²) in [5.74, 6) is 0.928. The Morgan fingerprint density at radius 1 is 1.27 bits per heavy atom. The van der Waals surface area contributed by atoms with Crippen LogP contribution in [0, 0.1) is 6.92 Å². The van der Waals surface area contributed by atoms with Gasteiger partial charge in [-0.3, -0.25) is 4.90 Å². The van der Waals surface area contributed by atoms with E-state index in [-0.39, 0.29) is 6.03 Å². The molecule has 1 heterocycles. The first-order valence-electron chi connectivity index (χ1n) is 8.13. The minimum atomic E-state index is 0.0671. The van der Waals surface area contributed by atoms with Crippen molar-refractivity contribution >= 4 is 6.03 Å². The predicted molar refractivity (Wildman–Crippen MR) is 88.4 cm³/mol. The number of piperazine rings is 1. The molecule has 0 aromatic heterocycles. The van der Waals surface area contributed by atoms with Crippen molar-refractivity contribution < 1.29 is 9.53 Å². The molecule has 22 heavy (non-hydrogen) atoms. The number of nitrogens with one attached hydrogen (secondary N) is 1. The van der Waals surface area contributed by atoms with Crippen LogP contribution < -0.4 is 10.1 Å². The highest BCUT2D eigenvalue weighted by Crippen LogP contribution is 2.12. The fourth-order valence-corrected chi connectivity index (χ4v) is 2.52. The summed E-state index contributed by atoms with van der Waals surface area (Å²) >= 11 is 0. The Morgan fingerprint density at radius 2 is 2.05 bits per heavy atom. The third-order valence-corrected chi connectivity index (χ3v) is 3.85. The van der Waals surface area contributed by atoms with E-state index >= 15 is 0 Å². The molecule has 0 atom stereocenters. The lowest BCUT2D eigenvalue weighted by atomic mass is 10.2. The van der Waals surface area contributed by atoms with Gasteiger partial charge in [0, 0.05) is 39.3 Å². The second-order valence-electron chi connectivity index (χ2n) is 5.73. The SMILES string of the molecule is CCCNC(=O)N1CCN(CCOc2cccc(C)c2)CC1. The molecule has 1 aliphatic heterocycles. The molecule has 2 amide bonds. The van der Waals surface area contributed by atoms with Gasteiger partial charge in [0.05, 0.1) is 0 Å². The summed E-state index contributed by atoms with van der Waals surface area (Å²) in [6, 6.07) is 8.19. The number of rotatable bonds is 6. The van der Waals surface area contributed by atoms with Crippen molar-refractivity contribution in [1.29, 1.82) is 0 Å². The van der Waals surface area contributed by atoms with Crippen LogP contribution in [0.5, 0.6) is 5.75 Å². The predicted octanol–water partition coefficient (Wildman–Crippen LogP) is 2.11. The van der Waals surface area contributed by atoms with Gasteiger partial charge in [-0.25, -0.2) is 4.79 Å². The highest BCUT2D eigenvalue weighted by atomic mass is 16.5. The second kappa shape index (κ2) is 8.63. The Hall–Kier alpha value is -1.75. The largest absolute Gasteiger partial charge is 0.492 e. The number of carbonyl (C=O) groups excluding carboxylic acids is 1. The van der Waals surface area contributed by atoms with Crippen molar-refractivity contribution in [1.82, 2.24) is 15.1 Å². The highest BCUT2D eigenvalue weighted by molar-refractivity contribution is 5.74. The fourth-order valence-electron chi connectivity index (χ4n) is 2.52. The number of ether oxygens (including phenoxy) is 1. The molecule has 5 heteroatoms. The Labute approximate surface area is 133 Å². The van der Waals surface area contributed by atoms with Gasteiger partial charge in [0.2, 0.25) is 0 Å². The molecular weight excluding hydrogens is 278 g/mol. The third kappa shape index (κ3) is 5.22. The van der Waals surface area contributed by atoms with E-state index in [1.54, 1.807) is 0 Å². The monoisotopic (exact) mass is 305 g/mol. The van der Waals surface area contributed by atoms with Gasteiger partial charge in [0.15, 0.2) is 0 Å². The molecule has 0 spiro atoms. The van der Waals surface area contributed by atoms with Crippen molar-refractivity contribution in [2.75, 3.05) is 45.9 Å². The van der Waals surface area contributed by atoms with E-state index in [1.807, 2.05) is 17.0 Å². The number of amides is 2. The summed E-state index contributed by atoms with van der Waals surface area (Å²) in [5, 5.41) is 2.93. The average Bonchev–Trinajstić information content (AvgIpc) is 2.53. The fraction of sp³-hybridized carbons (Fsp3) is 0.588. The first kappa shape index (κ1) is 16.6. The van der Waals surface area contributed by atoms with Gasteiger partial charge >= 0.3 is 6.03 Å². The van der Waals surface area contributed by atoms with E-state index in [4.69, 9.17) is 4.74 Å². The third-order valence-electron chi connectivity index (χ3n) is 3.85. The number of carbonyl (C=O) groups is 1. The zero-order valence-corrected chi connectivity index (χ0v) is 13.7. The molecule has 0 aliphatic carbocycles. The summed E-state index contributed by atoms with van der Waals surface area (Å²) in [5.41, 5.74) is 1.21. The van der Waals surface area contributed by atoms with E-state index in [1.165, 1.54) is 5.56 Å². The van der Waals surface area contributed by atoms with Gasteiger partial charge in [-0.1, -0.05) is 19.1 Å². The molecule has 0 unspecified atom stereocenters. The van der Waals surface area contributed by atoms with Crippen molar-refractivity contribution in [3.8, 4) is 5.75 Å². The van der Waals surface area contributed by atoms with Crippen LogP contribution in [0.4, 0.5) is 4.79 Å². The zero-order valence-electron chi connectivity index (χ0n) is 13.7. The Bertz CT molecular complexity index is 471. The molecule has 1 aliphatic rings. The lowest BCUT2D eigenvalue weighted by molar-refractivity contribution is 0.126. The van der Waals surface area contributed by atoms with Crippen LogP contribution >= 0.6 is 0 Å². The smallest absolute Gasteiger partial charge is 0.317 e. The van der Waals surface area contributed by atoms with Crippen LogP contribution in [-0.4, -0.2) is 61.7 Å². The van der Waals surface area contributed by atoms with Gasteiger partial charge < -0.3 is 15.0 Å². The molecule has 5 nitrogen and oxygen atoms in total. The van der Waals surface area contributed by atoms with Crippen LogP contribution in [0.25, 0.3) is 0 Å². The van der Waals surface area contributed by atoms with Crippen LogP contribution in [-0.2, 0) is 0 Å². The molecule has 1 aromatic rings. The van der Waals surface area contributed by atoms with E-state index in [0.29, 0.717) is 6.61 Å². The first-order valence-corrected chi connectivity index (χ1v) is 8.13. The minimum absolute atomic E-state index is 0.0671. The summed E-state index contributed by atoms with van der Waals surface area (Å²) in [7, 11) is 0. The van der Waals surface area contributed by atoms with Crippen LogP contribution in [0.1, 0.15) is 18.9 Å². The van der Waals surface area contributed by atoms with Crippen molar-refractivity contribution in [3.05, 3.63) is 29.8 Å². The van der Waals surface area contributed by atoms with Gasteiger partial charge in [0.25, 0.3) is 0 Å².